The van der Waals surface area contributed by atoms with Crippen LogP contribution in [-0.2, 0) is 61.0 Å². The predicted octanol–water partition coefficient (Wildman–Crippen LogP) is 24.1. The zero-order valence-corrected chi connectivity index (χ0v) is 66.5. The van der Waals surface area contributed by atoms with Gasteiger partial charge < -0.3 is 33.6 Å². The van der Waals surface area contributed by atoms with E-state index in [9.17, 15) is 14.4 Å². The van der Waals surface area contributed by atoms with Gasteiger partial charge in [0.05, 0.1) is 35.4 Å². The number of H-pyrrole nitrogens is 3. The van der Waals surface area contributed by atoms with Crippen molar-refractivity contribution in [1.29, 1.82) is 0 Å². The summed E-state index contributed by atoms with van der Waals surface area (Å²) in [5.74, 6) is -0.454. The van der Waals surface area contributed by atoms with E-state index in [1.807, 2.05) is 68.8 Å². The Kier molecular flexibility index (Phi) is 24.2. The number of benzene rings is 7. The maximum atomic E-state index is 12.2. The third-order valence-corrected chi connectivity index (χ3v) is 18.8. The first-order valence-electron chi connectivity index (χ1n) is 36.5. The molecule has 0 radical (unpaired) electrons. The van der Waals surface area contributed by atoms with Crippen LogP contribution in [0.1, 0.15) is 236 Å². The van der Waals surface area contributed by atoms with Crippen molar-refractivity contribution >= 4 is 83.3 Å². The van der Waals surface area contributed by atoms with E-state index in [2.05, 4.69) is 316 Å². The van der Waals surface area contributed by atoms with Gasteiger partial charge in [0.1, 0.15) is 0 Å². The summed E-state index contributed by atoms with van der Waals surface area (Å²) in [7, 11) is 2.09. The zero-order valence-electron chi connectivity index (χ0n) is 66.5. The molecule has 6 heterocycles. The Morgan fingerprint density at radius 2 is 0.883 bits per heavy atom. The average Bonchev–Trinajstić information content (AvgIpc) is 1.78. The van der Waals surface area contributed by atoms with Gasteiger partial charge in [0.15, 0.2) is 0 Å². The Bertz CT molecular complexity index is 5030. The van der Waals surface area contributed by atoms with Gasteiger partial charge in [-0.15, -0.1) is 0 Å². The number of hydrogen-bond acceptors (Lipinski definition) is 5. The molecule has 0 bridgehead atoms. The molecule has 0 aliphatic rings. The predicted molar refractivity (Wildman–Crippen MR) is 436 cm³/mol. The number of nitrogens with zero attached hydrogens (tertiary/aromatic N) is 3. The number of esters is 2. The van der Waals surface area contributed by atoms with Crippen molar-refractivity contribution in [3.05, 3.63) is 251 Å². The van der Waals surface area contributed by atoms with Crippen LogP contribution in [0.5, 0.6) is 0 Å². The molecule has 3 N–H and O–H groups in total. The molecule has 11 nitrogen and oxygen atoms in total. The standard InChI is InChI=1S/C19H21N.C16H23N.2C15H19NO2.C14H17NO.C13H17N/c1-19(2,3)17-10-9-16-11-12-20(18(16)13-17)14-15-7-5-4-6-8-15;1-15(2,3)12-8-7-11-9-14(16(4,5)6)17-13(11)10-12;1-5-18-14(17)12-8-10(15(2,3)4)9-13-11(12)6-7-16-13;1-5-18-14(17)12-11(15(2,3)4)7-6-10-8-9-16-13(10)12;1-10(16)15-8-7-11-5-6-12(9-13(11)15)14(2,3)4;1-13(2,3)11-6-5-10-7-8-14(4)12(10)9-11/h4-13H,14H2,1-3H3;7-10,17H,1-6H3;2*6-9,16H,5H2,1-4H3;5-9H,1-4H3;5-9H,1-4H3. The van der Waals surface area contributed by atoms with E-state index in [0.717, 1.165) is 50.4 Å². The van der Waals surface area contributed by atoms with Gasteiger partial charge in [0.2, 0.25) is 5.91 Å². The van der Waals surface area contributed by atoms with Gasteiger partial charge in [-0.25, -0.2) is 9.59 Å². The highest BCUT2D eigenvalue weighted by molar-refractivity contribution is 6.05. The summed E-state index contributed by atoms with van der Waals surface area (Å²) in [4.78, 5) is 45.5. The lowest BCUT2D eigenvalue weighted by molar-refractivity contribution is 0.0517. The second-order valence-corrected chi connectivity index (χ2v) is 34.5. The van der Waals surface area contributed by atoms with Crippen molar-refractivity contribution in [2.75, 3.05) is 13.2 Å². The van der Waals surface area contributed by atoms with E-state index in [4.69, 9.17) is 9.47 Å². The molecule has 11 heteroatoms. The number of aryl methyl sites for hydroxylation is 1. The summed E-state index contributed by atoms with van der Waals surface area (Å²) in [6, 6.07) is 57.8. The van der Waals surface area contributed by atoms with E-state index in [1.54, 1.807) is 11.5 Å². The molecular weight excluding hydrogens is 1270 g/mol. The van der Waals surface area contributed by atoms with Crippen LogP contribution in [0.15, 0.2) is 195 Å². The molecular formula is C92H116N6O5. The second kappa shape index (κ2) is 31.6. The fourth-order valence-corrected chi connectivity index (χ4v) is 12.3. The number of carbonyl (C=O) groups excluding carboxylic acids is 3. The summed E-state index contributed by atoms with van der Waals surface area (Å²) in [6.45, 7) is 53.2. The third kappa shape index (κ3) is 20.0. The topological polar surface area (TPSA) is 132 Å². The molecule has 0 amide bonds. The molecule has 13 rings (SSSR count). The normalized spacial score (nSPS) is 12.2. The van der Waals surface area contributed by atoms with Crippen LogP contribution in [0.4, 0.5) is 0 Å². The first-order valence-corrected chi connectivity index (χ1v) is 36.5. The lowest BCUT2D eigenvalue weighted by Gasteiger charge is -2.22. The molecule has 0 atom stereocenters. The van der Waals surface area contributed by atoms with E-state index in [-0.39, 0.29) is 55.8 Å². The maximum Gasteiger partial charge on any atom is 0.340 e. The van der Waals surface area contributed by atoms with E-state index < -0.39 is 0 Å². The summed E-state index contributed by atoms with van der Waals surface area (Å²) < 4.78 is 16.5. The van der Waals surface area contributed by atoms with Crippen molar-refractivity contribution in [2.24, 2.45) is 7.05 Å². The minimum absolute atomic E-state index is 0.000540. The summed E-state index contributed by atoms with van der Waals surface area (Å²) in [5.41, 5.74) is 19.1. The van der Waals surface area contributed by atoms with Crippen LogP contribution in [-0.4, -0.2) is 59.7 Å². The summed E-state index contributed by atoms with van der Waals surface area (Å²) >= 11 is 0. The number of ether oxygens (including phenoxy) is 2. The zero-order chi connectivity index (χ0) is 76.0. The van der Waals surface area contributed by atoms with Crippen LogP contribution in [0.3, 0.4) is 0 Å². The Labute approximate surface area is 613 Å². The highest BCUT2D eigenvalue weighted by atomic mass is 16.5. The lowest BCUT2D eigenvalue weighted by Crippen LogP contribution is -2.18. The molecule has 0 saturated heterocycles. The minimum Gasteiger partial charge on any atom is -0.462 e. The van der Waals surface area contributed by atoms with Crippen LogP contribution >= 0.6 is 0 Å². The fraction of sp³-hybridized carbons (Fsp3) is 0.380. The molecule has 0 fully saturated rings. The summed E-state index contributed by atoms with van der Waals surface area (Å²) in [5, 5.41) is 7.01. The molecule has 0 spiro atoms. The largest absolute Gasteiger partial charge is 0.462 e. The molecule has 13 aromatic rings. The Morgan fingerprint density at radius 3 is 1.43 bits per heavy atom. The third-order valence-electron chi connectivity index (χ3n) is 18.8. The van der Waals surface area contributed by atoms with Crippen molar-refractivity contribution in [3.8, 4) is 0 Å². The number of fused-ring (bicyclic) bond motifs is 6. The van der Waals surface area contributed by atoms with Crippen LogP contribution in [0.2, 0.25) is 0 Å². The number of rotatable bonds is 6. The first kappa shape index (κ1) is 79.1. The first-order chi connectivity index (χ1) is 48.0. The number of hydrogen-bond donors (Lipinski definition) is 3. The van der Waals surface area contributed by atoms with Crippen LogP contribution < -0.4 is 0 Å². The summed E-state index contributed by atoms with van der Waals surface area (Å²) in [6.07, 6.45) is 9.82. The molecule has 103 heavy (non-hydrogen) atoms. The minimum atomic E-state index is -0.256. The molecule has 0 aliphatic carbocycles. The lowest BCUT2D eigenvalue weighted by atomic mass is 9.83. The Hall–Kier alpha value is -9.61. The smallest absolute Gasteiger partial charge is 0.340 e. The highest BCUT2D eigenvalue weighted by Gasteiger charge is 2.27. The Morgan fingerprint density at radius 1 is 0.408 bits per heavy atom. The Balaban J connectivity index is 0.000000157. The van der Waals surface area contributed by atoms with Gasteiger partial charge in [-0.1, -0.05) is 236 Å². The van der Waals surface area contributed by atoms with Crippen molar-refractivity contribution in [3.63, 3.8) is 0 Å². The molecule has 0 aliphatic heterocycles. The SMILES string of the molecule is CC(=O)n1ccc2ccc(C(C)(C)C)cc21.CC(C)(C)c1ccc2cc(C(C)(C)C)[nH]c2c1.CC(C)(C)c1ccc2ccn(Cc3ccccc3)c2c1.CCOC(=O)c1c(C(C)(C)C)ccc2cc[nH]c12.CCOC(=O)c1cc(C(C)(C)C)cc2[nH]ccc12.Cn1ccc2ccc(C(C)(C)C)cc21. The van der Waals surface area contributed by atoms with Gasteiger partial charge in [-0.2, -0.15) is 0 Å². The monoisotopic (exact) mass is 1380 g/mol. The van der Waals surface area contributed by atoms with E-state index in [1.165, 1.54) is 66.2 Å². The van der Waals surface area contributed by atoms with Gasteiger partial charge >= 0.3 is 11.9 Å². The highest BCUT2D eigenvalue weighted by Crippen LogP contribution is 2.35. The molecule has 0 unspecified atom stereocenters. The molecule has 7 aromatic carbocycles. The van der Waals surface area contributed by atoms with Crippen molar-refractivity contribution in [2.45, 2.75) is 211 Å². The molecule has 6 aromatic heterocycles. The number of carbonyl (C=O) groups is 3. The number of aromatic amines is 3. The quantitative estimate of drug-likeness (QED) is 0.143. The average molecular weight is 1390 g/mol. The fourth-order valence-electron chi connectivity index (χ4n) is 12.3. The van der Waals surface area contributed by atoms with Crippen molar-refractivity contribution < 1.29 is 23.9 Å². The van der Waals surface area contributed by atoms with Gasteiger partial charge in [-0.05, 0) is 174 Å². The van der Waals surface area contributed by atoms with Crippen LogP contribution in [0, 0.1) is 0 Å². The number of nitrogens with one attached hydrogen (secondary N) is 3. The maximum absolute atomic E-state index is 12.2. The van der Waals surface area contributed by atoms with Gasteiger partial charge in [0, 0.05) is 101 Å². The van der Waals surface area contributed by atoms with Crippen LogP contribution in [0.25, 0.3) is 65.4 Å². The van der Waals surface area contributed by atoms with Gasteiger partial charge in [0.25, 0.3) is 0 Å². The molecule has 544 valence electrons. The second-order valence-electron chi connectivity index (χ2n) is 34.5. The van der Waals surface area contributed by atoms with E-state index >= 15 is 0 Å². The van der Waals surface area contributed by atoms with Crippen molar-refractivity contribution in [1.82, 2.24) is 28.7 Å². The number of aromatic nitrogens is 6. The molecule has 0 saturated carbocycles. The van der Waals surface area contributed by atoms with E-state index in [0.29, 0.717) is 24.3 Å². The van der Waals surface area contributed by atoms with Gasteiger partial charge in [-0.3, -0.25) is 9.36 Å².